The number of rotatable bonds is 7. The van der Waals surface area contributed by atoms with Gasteiger partial charge in [-0.25, -0.2) is 4.98 Å². The first-order chi connectivity index (χ1) is 15.0. The van der Waals surface area contributed by atoms with Gasteiger partial charge in [0, 0.05) is 33.1 Å². The molecule has 9 nitrogen and oxygen atoms in total. The van der Waals surface area contributed by atoms with E-state index in [-0.39, 0.29) is 22.7 Å². The molecule has 3 aromatic heterocycles. The molecule has 0 aromatic carbocycles. The minimum absolute atomic E-state index is 0.0251. The van der Waals surface area contributed by atoms with Gasteiger partial charge >= 0.3 is 0 Å². The Morgan fingerprint density at radius 2 is 2.26 bits per heavy atom. The number of pyridine rings is 2. The van der Waals surface area contributed by atoms with Crippen LogP contribution in [-0.4, -0.2) is 52.8 Å². The van der Waals surface area contributed by atoms with Crippen molar-refractivity contribution in [2.75, 3.05) is 26.9 Å². The summed E-state index contributed by atoms with van der Waals surface area (Å²) in [5, 5.41) is 11.9. The van der Waals surface area contributed by atoms with E-state index >= 15 is 0 Å². The van der Waals surface area contributed by atoms with Gasteiger partial charge in [0.05, 0.1) is 23.6 Å². The van der Waals surface area contributed by atoms with Crippen LogP contribution >= 0.6 is 0 Å². The van der Waals surface area contributed by atoms with Crippen molar-refractivity contribution in [3.63, 3.8) is 0 Å². The number of hydrogen-bond donors (Lipinski definition) is 2. The number of hydrogen-bond acceptors (Lipinski definition) is 6. The van der Waals surface area contributed by atoms with Crippen LogP contribution in [0.4, 0.5) is 0 Å². The zero-order valence-corrected chi connectivity index (χ0v) is 17.8. The summed E-state index contributed by atoms with van der Waals surface area (Å²) in [4.78, 5) is 30.9. The standard InChI is InChI=1S/C22H27N5O4/c1-14-6-3-9-26-19(14)25-20-17(22(26)29)12-16(21(28)24-8-5-10-30-2)18(23)27(20)13-15-7-4-11-31-15/h3,6,9,12,15,23H,4-5,7-8,10-11,13H2,1-2H3,(H,24,28)/t15-/m0/s1. The highest BCUT2D eigenvalue weighted by molar-refractivity contribution is 5.96. The number of carbonyl (C=O) groups is 1. The van der Waals surface area contributed by atoms with Crippen LogP contribution in [-0.2, 0) is 16.0 Å². The highest BCUT2D eigenvalue weighted by atomic mass is 16.5. The van der Waals surface area contributed by atoms with Crippen molar-refractivity contribution in [2.45, 2.75) is 38.8 Å². The van der Waals surface area contributed by atoms with Crippen LogP contribution in [0.3, 0.4) is 0 Å². The maximum Gasteiger partial charge on any atom is 0.267 e. The van der Waals surface area contributed by atoms with Gasteiger partial charge in [-0.15, -0.1) is 0 Å². The van der Waals surface area contributed by atoms with E-state index < -0.39 is 5.91 Å². The molecule has 0 spiro atoms. The molecule has 0 unspecified atom stereocenters. The largest absolute Gasteiger partial charge is 0.385 e. The predicted molar refractivity (Wildman–Crippen MR) is 115 cm³/mol. The number of methoxy groups -OCH3 is 1. The number of aryl methyl sites for hydroxylation is 1. The highest BCUT2D eigenvalue weighted by Crippen LogP contribution is 2.17. The molecule has 0 aliphatic carbocycles. The fraction of sp³-hybridized carbons (Fsp3) is 0.455. The molecule has 1 fully saturated rings. The lowest BCUT2D eigenvalue weighted by molar-refractivity contribution is 0.0929. The Morgan fingerprint density at radius 1 is 1.42 bits per heavy atom. The van der Waals surface area contributed by atoms with Crippen LogP contribution in [0.2, 0.25) is 0 Å². The molecule has 1 amide bonds. The van der Waals surface area contributed by atoms with Crippen molar-refractivity contribution >= 4 is 22.6 Å². The van der Waals surface area contributed by atoms with Gasteiger partial charge in [0.1, 0.15) is 16.8 Å². The van der Waals surface area contributed by atoms with Gasteiger partial charge in [-0.05, 0) is 43.9 Å². The summed E-state index contributed by atoms with van der Waals surface area (Å²) >= 11 is 0. The summed E-state index contributed by atoms with van der Waals surface area (Å²) < 4.78 is 13.9. The number of aromatic nitrogens is 3. The summed E-state index contributed by atoms with van der Waals surface area (Å²) in [6.07, 6.45) is 4.07. The average Bonchev–Trinajstić information content (AvgIpc) is 3.27. The Hall–Kier alpha value is -3.04. The second-order valence-electron chi connectivity index (χ2n) is 7.79. The Kier molecular flexibility index (Phi) is 6.15. The third kappa shape index (κ3) is 4.11. The molecule has 1 saturated heterocycles. The Balaban J connectivity index is 1.88. The van der Waals surface area contributed by atoms with Crippen LogP contribution in [0.1, 0.15) is 35.2 Å². The number of ether oxygens (including phenoxy) is 2. The summed E-state index contributed by atoms with van der Waals surface area (Å²) in [6, 6.07) is 5.17. The Bertz CT molecular complexity index is 1240. The maximum absolute atomic E-state index is 13.3. The van der Waals surface area contributed by atoms with Crippen LogP contribution in [0.5, 0.6) is 0 Å². The predicted octanol–water partition coefficient (Wildman–Crippen LogP) is 1.38. The van der Waals surface area contributed by atoms with Gasteiger partial charge < -0.3 is 19.4 Å². The van der Waals surface area contributed by atoms with E-state index in [0.29, 0.717) is 49.4 Å². The Labute approximate surface area is 179 Å². The summed E-state index contributed by atoms with van der Waals surface area (Å²) in [5.74, 6) is -0.391. The molecule has 1 atom stereocenters. The number of fused-ring (bicyclic) bond motifs is 2. The summed E-state index contributed by atoms with van der Waals surface area (Å²) in [5.41, 5.74) is 1.70. The number of amides is 1. The van der Waals surface area contributed by atoms with E-state index in [4.69, 9.17) is 19.9 Å². The van der Waals surface area contributed by atoms with Crippen LogP contribution in [0.25, 0.3) is 16.7 Å². The monoisotopic (exact) mass is 425 g/mol. The molecule has 1 aliphatic rings. The molecule has 4 heterocycles. The molecule has 9 heteroatoms. The highest BCUT2D eigenvalue weighted by Gasteiger charge is 2.22. The lowest BCUT2D eigenvalue weighted by Crippen LogP contribution is -2.37. The first-order valence-electron chi connectivity index (χ1n) is 10.5. The molecule has 0 saturated carbocycles. The molecule has 2 N–H and O–H groups in total. The van der Waals surface area contributed by atoms with E-state index in [9.17, 15) is 9.59 Å². The molecular weight excluding hydrogens is 398 g/mol. The van der Waals surface area contributed by atoms with Gasteiger partial charge in [0.25, 0.3) is 11.5 Å². The molecule has 31 heavy (non-hydrogen) atoms. The second kappa shape index (κ2) is 8.99. The van der Waals surface area contributed by atoms with Crippen LogP contribution < -0.4 is 16.4 Å². The van der Waals surface area contributed by atoms with E-state index in [1.54, 1.807) is 23.9 Å². The van der Waals surface area contributed by atoms with Gasteiger partial charge in [-0.2, -0.15) is 0 Å². The van der Waals surface area contributed by atoms with Crippen molar-refractivity contribution in [2.24, 2.45) is 0 Å². The van der Waals surface area contributed by atoms with E-state index in [2.05, 4.69) is 5.32 Å². The zero-order valence-electron chi connectivity index (χ0n) is 17.8. The summed E-state index contributed by atoms with van der Waals surface area (Å²) in [7, 11) is 1.60. The second-order valence-corrected chi connectivity index (χ2v) is 7.79. The quantitative estimate of drug-likeness (QED) is 0.439. The fourth-order valence-electron chi connectivity index (χ4n) is 3.95. The maximum atomic E-state index is 13.3. The van der Waals surface area contributed by atoms with Gasteiger partial charge in [-0.1, -0.05) is 6.07 Å². The van der Waals surface area contributed by atoms with Gasteiger partial charge in [0.2, 0.25) is 0 Å². The summed E-state index contributed by atoms with van der Waals surface area (Å²) in [6.45, 7) is 3.88. The normalized spacial score (nSPS) is 16.3. The Morgan fingerprint density at radius 3 is 3.00 bits per heavy atom. The first-order valence-corrected chi connectivity index (χ1v) is 10.5. The minimum Gasteiger partial charge on any atom is -0.385 e. The molecule has 3 aromatic rings. The van der Waals surface area contributed by atoms with Crippen LogP contribution in [0.15, 0.2) is 29.2 Å². The van der Waals surface area contributed by atoms with Crippen molar-refractivity contribution in [1.82, 2.24) is 19.3 Å². The van der Waals surface area contributed by atoms with Crippen molar-refractivity contribution in [3.8, 4) is 0 Å². The molecule has 4 rings (SSSR count). The zero-order chi connectivity index (χ0) is 22.0. The van der Waals surface area contributed by atoms with Gasteiger partial charge in [-0.3, -0.25) is 19.4 Å². The number of nitrogens with one attached hydrogen (secondary N) is 2. The number of carbonyl (C=O) groups excluding carboxylic acids is 1. The first kappa shape index (κ1) is 21.2. The third-order valence-corrected chi connectivity index (χ3v) is 5.60. The third-order valence-electron chi connectivity index (χ3n) is 5.60. The van der Waals surface area contributed by atoms with Crippen molar-refractivity contribution < 1.29 is 14.3 Å². The average molecular weight is 425 g/mol. The number of nitrogens with zero attached hydrogens (tertiary/aromatic N) is 3. The fourth-order valence-corrected chi connectivity index (χ4v) is 3.95. The SMILES string of the molecule is COCCCNC(=O)c1cc2c(=O)n3cccc(C)c3nc2n(C[C@@H]2CCCO2)c1=N. The molecule has 0 radical (unpaired) electrons. The molecule has 0 bridgehead atoms. The van der Waals surface area contributed by atoms with E-state index in [1.165, 1.54) is 10.5 Å². The van der Waals surface area contributed by atoms with E-state index in [0.717, 1.165) is 18.4 Å². The topological polar surface area (TPSA) is 111 Å². The van der Waals surface area contributed by atoms with Crippen molar-refractivity contribution in [1.29, 1.82) is 5.41 Å². The smallest absolute Gasteiger partial charge is 0.267 e. The lowest BCUT2D eigenvalue weighted by Gasteiger charge is -2.18. The molecular formula is C22H27N5O4. The lowest BCUT2D eigenvalue weighted by atomic mass is 10.1. The molecule has 1 aliphatic heterocycles. The van der Waals surface area contributed by atoms with Crippen molar-refractivity contribution in [3.05, 3.63) is 51.4 Å². The molecule has 164 valence electrons. The minimum atomic E-state index is -0.391. The van der Waals surface area contributed by atoms with Gasteiger partial charge in [0.15, 0.2) is 0 Å². The van der Waals surface area contributed by atoms with E-state index in [1.807, 2.05) is 13.0 Å². The van der Waals surface area contributed by atoms with Crippen LogP contribution in [0, 0.1) is 12.3 Å².